The normalized spacial score (nSPS) is 10.7. The Bertz CT molecular complexity index is 303. The molecule has 15 heavy (non-hydrogen) atoms. The Morgan fingerprint density at radius 1 is 1.20 bits per heavy atom. The van der Waals surface area contributed by atoms with Gasteiger partial charge >= 0.3 is 0 Å². The summed E-state index contributed by atoms with van der Waals surface area (Å²) in [5, 5.41) is 0. The van der Waals surface area contributed by atoms with E-state index in [1.807, 2.05) is 0 Å². The first-order valence-electron chi connectivity index (χ1n) is 5.84. The van der Waals surface area contributed by atoms with Crippen molar-refractivity contribution in [2.24, 2.45) is 5.92 Å². The number of rotatable bonds is 5. The first-order chi connectivity index (χ1) is 7.09. The fourth-order valence-corrected chi connectivity index (χ4v) is 1.66. The van der Waals surface area contributed by atoms with Crippen molar-refractivity contribution >= 4 is 5.57 Å². The van der Waals surface area contributed by atoms with Crippen LogP contribution in [-0.2, 0) is 0 Å². The predicted octanol–water partition coefficient (Wildman–Crippen LogP) is 4.83. The summed E-state index contributed by atoms with van der Waals surface area (Å²) in [5.41, 5.74) is 3.88. The highest BCUT2D eigenvalue weighted by molar-refractivity contribution is 5.63. The lowest BCUT2D eigenvalue weighted by Crippen LogP contribution is -1.89. The molecule has 0 saturated heterocycles. The zero-order valence-electron chi connectivity index (χ0n) is 10.2. The second-order valence-electron chi connectivity index (χ2n) is 4.76. The molecule has 0 saturated carbocycles. The molecule has 0 amide bonds. The Balaban J connectivity index is 2.43. The number of benzene rings is 1. The molecule has 0 spiro atoms. The quantitative estimate of drug-likeness (QED) is 0.641. The fourth-order valence-electron chi connectivity index (χ4n) is 1.66. The molecule has 82 valence electrons. The minimum atomic E-state index is 0.802. The molecule has 1 aromatic rings. The minimum Gasteiger partial charge on any atom is -0.0952 e. The Hall–Kier alpha value is -1.04. The molecule has 0 aromatic heterocycles. The number of hydrogen-bond acceptors (Lipinski definition) is 0. The van der Waals surface area contributed by atoms with Crippen LogP contribution in [0.15, 0.2) is 30.8 Å². The Labute approximate surface area is 94.0 Å². The van der Waals surface area contributed by atoms with Crippen LogP contribution in [0.25, 0.3) is 5.57 Å². The fraction of sp³-hybridized carbons (Fsp3) is 0.467. The highest BCUT2D eigenvalue weighted by atomic mass is 14.1. The molecule has 0 heteroatoms. The molecule has 0 bridgehead atoms. The van der Waals surface area contributed by atoms with Crippen molar-refractivity contribution in [2.45, 2.75) is 40.0 Å². The molecule has 0 fully saturated rings. The Morgan fingerprint density at radius 2 is 1.80 bits per heavy atom. The highest BCUT2D eigenvalue weighted by Gasteiger charge is 2.00. The van der Waals surface area contributed by atoms with Gasteiger partial charge in [0.15, 0.2) is 0 Å². The van der Waals surface area contributed by atoms with E-state index in [2.05, 4.69) is 51.6 Å². The van der Waals surface area contributed by atoms with Gasteiger partial charge in [0.2, 0.25) is 0 Å². The summed E-state index contributed by atoms with van der Waals surface area (Å²) in [7, 11) is 0. The molecular weight excluding hydrogens is 180 g/mol. The minimum absolute atomic E-state index is 0.802. The van der Waals surface area contributed by atoms with Crippen LogP contribution < -0.4 is 0 Å². The molecule has 1 rings (SSSR count). The van der Waals surface area contributed by atoms with Gasteiger partial charge in [-0.2, -0.15) is 0 Å². The van der Waals surface area contributed by atoms with E-state index in [9.17, 15) is 0 Å². The number of aryl methyl sites for hydroxylation is 1. The molecule has 0 unspecified atom stereocenters. The topological polar surface area (TPSA) is 0 Å². The summed E-state index contributed by atoms with van der Waals surface area (Å²) in [6.45, 7) is 10.8. The van der Waals surface area contributed by atoms with Crippen LogP contribution in [0.4, 0.5) is 0 Å². The van der Waals surface area contributed by atoms with E-state index < -0.39 is 0 Å². The lowest BCUT2D eigenvalue weighted by Gasteiger charge is -2.07. The largest absolute Gasteiger partial charge is 0.0952 e. The number of hydrogen-bond donors (Lipinski definition) is 0. The van der Waals surface area contributed by atoms with Crippen molar-refractivity contribution in [2.75, 3.05) is 0 Å². The van der Waals surface area contributed by atoms with Crippen LogP contribution in [-0.4, -0.2) is 0 Å². The third-order valence-corrected chi connectivity index (χ3v) is 2.72. The van der Waals surface area contributed by atoms with Gasteiger partial charge in [0.05, 0.1) is 0 Å². The molecule has 0 aliphatic rings. The SMILES string of the molecule is C=C(CCCC(C)C)c1ccc(C)cc1. The van der Waals surface area contributed by atoms with Crippen LogP contribution in [0.1, 0.15) is 44.2 Å². The van der Waals surface area contributed by atoms with E-state index in [4.69, 9.17) is 0 Å². The van der Waals surface area contributed by atoms with Crippen LogP contribution >= 0.6 is 0 Å². The summed E-state index contributed by atoms with van der Waals surface area (Å²) < 4.78 is 0. The van der Waals surface area contributed by atoms with Gasteiger partial charge in [0, 0.05) is 0 Å². The maximum absolute atomic E-state index is 4.15. The summed E-state index contributed by atoms with van der Waals surface area (Å²) in [6, 6.07) is 8.66. The van der Waals surface area contributed by atoms with E-state index in [0.717, 1.165) is 12.3 Å². The molecule has 0 radical (unpaired) electrons. The van der Waals surface area contributed by atoms with Gasteiger partial charge in [0.25, 0.3) is 0 Å². The second kappa shape index (κ2) is 5.75. The van der Waals surface area contributed by atoms with E-state index in [1.54, 1.807) is 0 Å². The van der Waals surface area contributed by atoms with Crippen LogP contribution in [0.5, 0.6) is 0 Å². The average Bonchev–Trinajstić information content (AvgIpc) is 2.18. The lowest BCUT2D eigenvalue weighted by atomic mass is 9.98. The smallest absolute Gasteiger partial charge is 0.0230 e. The summed E-state index contributed by atoms with van der Waals surface area (Å²) in [6.07, 6.45) is 3.68. The van der Waals surface area contributed by atoms with Gasteiger partial charge < -0.3 is 0 Å². The predicted molar refractivity (Wildman–Crippen MR) is 68.9 cm³/mol. The van der Waals surface area contributed by atoms with Gasteiger partial charge in [-0.25, -0.2) is 0 Å². The second-order valence-corrected chi connectivity index (χ2v) is 4.76. The van der Waals surface area contributed by atoms with Crippen LogP contribution in [0.2, 0.25) is 0 Å². The summed E-state index contributed by atoms with van der Waals surface area (Å²) in [4.78, 5) is 0. The maximum Gasteiger partial charge on any atom is -0.0230 e. The molecule has 0 aliphatic carbocycles. The molecule has 1 aromatic carbocycles. The van der Waals surface area contributed by atoms with Crippen molar-refractivity contribution < 1.29 is 0 Å². The van der Waals surface area contributed by atoms with E-state index >= 15 is 0 Å². The van der Waals surface area contributed by atoms with Gasteiger partial charge in [0.1, 0.15) is 0 Å². The van der Waals surface area contributed by atoms with E-state index in [-0.39, 0.29) is 0 Å². The highest BCUT2D eigenvalue weighted by Crippen LogP contribution is 2.20. The Morgan fingerprint density at radius 3 is 2.33 bits per heavy atom. The van der Waals surface area contributed by atoms with Crippen molar-refractivity contribution in [1.82, 2.24) is 0 Å². The van der Waals surface area contributed by atoms with Crippen LogP contribution in [0.3, 0.4) is 0 Å². The van der Waals surface area contributed by atoms with Crippen LogP contribution in [0, 0.1) is 12.8 Å². The monoisotopic (exact) mass is 202 g/mol. The number of allylic oxidation sites excluding steroid dienone is 1. The van der Waals surface area contributed by atoms with Crippen molar-refractivity contribution in [3.05, 3.63) is 42.0 Å². The molecule has 0 N–H and O–H groups in total. The van der Waals surface area contributed by atoms with Gasteiger partial charge in [-0.05, 0) is 36.8 Å². The van der Waals surface area contributed by atoms with Crippen molar-refractivity contribution in [3.8, 4) is 0 Å². The first-order valence-corrected chi connectivity index (χ1v) is 5.84. The average molecular weight is 202 g/mol. The third-order valence-electron chi connectivity index (χ3n) is 2.72. The summed E-state index contributed by atoms with van der Waals surface area (Å²) >= 11 is 0. The molecule has 0 nitrogen and oxygen atoms in total. The Kier molecular flexibility index (Phi) is 4.61. The van der Waals surface area contributed by atoms with Gasteiger partial charge in [-0.15, -0.1) is 0 Å². The lowest BCUT2D eigenvalue weighted by molar-refractivity contribution is 0.562. The zero-order valence-corrected chi connectivity index (χ0v) is 10.2. The van der Waals surface area contributed by atoms with Crippen molar-refractivity contribution in [3.63, 3.8) is 0 Å². The molecular formula is C15H22. The maximum atomic E-state index is 4.15. The van der Waals surface area contributed by atoms with E-state index in [0.29, 0.717) is 0 Å². The molecule has 0 heterocycles. The zero-order chi connectivity index (χ0) is 11.3. The molecule has 0 aliphatic heterocycles. The first kappa shape index (κ1) is 12.0. The molecule has 0 atom stereocenters. The summed E-state index contributed by atoms with van der Waals surface area (Å²) in [5.74, 6) is 0.802. The van der Waals surface area contributed by atoms with Gasteiger partial charge in [-0.3, -0.25) is 0 Å². The van der Waals surface area contributed by atoms with Crippen molar-refractivity contribution in [1.29, 1.82) is 0 Å². The standard InChI is InChI=1S/C15H22/c1-12(2)6-5-7-14(4)15-10-8-13(3)9-11-15/h8-12H,4-7H2,1-3H3. The van der Waals surface area contributed by atoms with E-state index in [1.165, 1.54) is 29.5 Å². The van der Waals surface area contributed by atoms with Gasteiger partial charge in [-0.1, -0.05) is 56.7 Å². The third kappa shape index (κ3) is 4.33.